The van der Waals surface area contributed by atoms with E-state index in [1.807, 2.05) is 10.9 Å². The Labute approximate surface area is 87.7 Å². The van der Waals surface area contributed by atoms with E-state index in [9.17, 15) is 4.79 Å². The van der Waals surface area contributed by atoms with Crippen molar-refractivity contribution in [1.82, 2.24) is 15.6 Å². The van der Waals surface area contributed by atoms with Crippen LogP contribution in [0.2, 0.25) is 0 Å². The lowest BCUT2D eigenvalue weighted by Crippen LogP contribution is -2.31. The summed E-state index contributed by atoms with van der Waals surface area (Å²) in [4.78, 5) is 14.8. The number of hydrogen-bond donors (Lipinski definition) is 2. The molecule has 0 radical (unpaired) electrons. The smallest absolute Gasteiger partial charge is 0.216 e. The highest BCUT2D eigenvalue weighted by atomic mass is 32.1. The van der Waals surface area contributed by atoms with Gasteiger partial charge in [0, 0.05) is 31.4 Å². The summed E-state index contributed by atoms with van der Waals surface area (Å²) in [6, 6.07) is 0.245. The number of amides is 1. The molecule has 5 heteroatoms. The Bertz CT molecular complexity index is 274. The summed E-state index contributed by atoms with van der Waals surface area (Å²) in [7, 11) is 0. The van der Waals surface area contributed by atoms with Gasteiger partial charge in [0.25, 0.3) is 0 Å². The number of nitrogens with one attached hydrogen (secondary N) is 2. The number of thiazole rings is 1. The van der Waals surface area contributed by atoms with Gasteiger partial charge < -0.3 is 10.6 Å². The summed E-state index contributed by atoms with van der Waals surface area (Å²) in [6.45, 7) is 4.99. The van der Waals surface area contributed by atoms with Crippen LogP contribution < -0.4 is 10.6 Å². The quantitative estimate of drug-likeness (QED) is 0.715. The number of aromatic nitrogens is 1. The highest BCUT2D eigenvalue weighted by Crippen LogP contribution is 2.10. The van der Waals surface area contributed by atoms with E-state index in [1.165, 1.54) is 6.92 Å². The maximum absolute atomic E-state index is 10.6. The minimum Gasteiger partial charge on any atom is -0.355 e. The van der Waals surface area contributed by atoms with E-state index < -0.39 is 0 Å². The van der Waals surface area contributed by atoms with Crippen LogP contribution in [0, 0.1) is 0 Å². The summed E-state index contributed by atoms with van der Waals surface area (Å²) in [5.74, 6) is 0.00751. The molecular weight excluding hydrogens is 198 g/mol. The van der Waals surface area contributed by atoms with Crippen LogP contribution in [0.15, 0.2) is 10.9 Å². The zero-order chi connectivity index (χ0) is 10.4. The lowest BCUT2D eigenvalue weighted by Gasteiger charge is -2.11. The van der Waals surface area contributed by atoms with Crippen molar-refractivity contribution < 1.29 is 4.79 Å². The average Bonchev–Trinajstić information content (AvgIpc) is 2.64. The predicted octanol–water partition coefficient (Wildman–Crippen LogP) is 0.930. The second-order valence-electron chi connectivity index (χ2n) is 3.07. The highest BCUT2D eigenvalue weighted by Gasteiger charge is 2.05. The third kappa shape index (κ3) is 3.85. The molecule has 1 unspecified atom stereocenters. The van der Waals surface area contributed by atoms with Crippen LogP contribution in [0.4, 0.5) is 0 Å². The Kier molecular flexibility index (Phi) is 4.55. The molecular formula is C9H15N3OS. The molecule has 0 bridgehead atoms. The van der Waals surface area contributed by atoms with Gasteiger partial charge in [-0.05, 0) is 6.92 Å². The first-order valence-electron chi connectivity index (χ1n) is 4.56. The molecule has 1 rings (SSSR count). The molecule has 0 aliphatic heterocycles. The van der Waals surface area contributed by atoms with Crippen molar-refractivity contribution in [3.63, 3.8) is 0 Å². The molecule has 4 nitrogen and oxygen atoms in total. The Morgan fingerprint density at radius 3 is 3.00 bits per heavy atom. The van der Waals surface area contributed by atoms with Gasteiger partial charge in [-0.15, -0.1) is 11.3 Å². The Morgan fingerprint density at radius 1 is 1.64 bits per heavy atom. The second kappa shape index (κ2) is 5.72. The third-order valence-electron chi connectivity index (χ3n) is 1.84. The fourth-order valence-electron chi connectivity index (χ4n) is 1.07. The minimum absolute atomic E-state index is 0.00751. The van der Waals surface area contributed by atoms with Crippen molar-refractivity contribution in [3.8, 4) is 0 Å². The molecule has 1 aromatic heterocycles. The minimum atomic E-state index is 0.00751. The van der Waals surface area contributed by atoms with Crippen molar-refractivity contribution in [2.45, 2.75) is 19.9 Å². The van der Waals surface area contributed by atoms with Gasteiger partial charge in [-0.3, -0.25) is 4.79 Å². The van der Waals surface area contributed by atoms with Gasteiger partial charge in [0.05, 0.1) is 11.2 Å². The molecule has 0 spiro atoms. The van der Waals surface area contributed by atoms with Crippen LogP contribution in [-0.4, -0.2) is 24.0 Å². The zero-order valence-electron chi connectivity index (χ0n) is 8.41. The Morgan fingerprint density at radius 2 is 2.43 bits per heavy atom. The average molecular weight is 213 g/mol. The van der Waals surface area contributed by atoms with Crippen LogP contribution in [0.3, 0.4) is 0 Å². The molecule has 0 aliphatic carbocycles. The highest BCUT2D eigenvalue weighted by molar-refractivity contribution is 7.07. The van der Waals surface area contributed by atoms with Gasteiger partial charge in [-0.1, -0.05) is 0 Å². The largest absolute Gasteiger partial charge is 0.355 e. The molecule has 0 saturated carbocycles. The number of rotatable bonds is 5. The van der Waals surface area contributed by atoms with E-state index in [0.717, 1.165) is 12.2 Å². The van der Waals surface area contributed by atoms with Gasteiger partial charge in [0.15, 0.2) is 0 Å². The van der Waals surface area contributed by atoms with Crippen molar-refractivity contribution in [3.05, 3.63) is 16.6 Å². The normalized spacial score (nSPS) is 12.4. The Balaban J connectivity index is 2.16. The number of carbonyl (C=O) groups is 1. The first-order chi connectivity index (χ1) is 6.70. The molecule has 1 aromatic rings. The van der Waals surface area contributed by atoms with E-state index in [4.69, 9.17) is 0 Å². The zero-order valence-corrected chi connectivity index (χ0v) is 9.23. The summed E-state index contributed by atoms with van der Waals surface area (Å²) >= 11 is 1.59. The van der Waals surface area contributed by atoms with Crippen LogP contribution in [-0.2, 0) is 4.79 Å². The van der Waals surface area contributed by atoms with Gasteiger partial charge in [-0.25, -0.2) is 4.98 Å². The SMILES string of the molecule is CC(=O)NCCNC(C)c1cscn1. The van der Waals surface area contributed by atoms with Crippen molar-refractivity contribution in [2.24, 2.45) is 0 Å². The topological polar surface area (TPSA) is 54.0 Å². The first-order valence-corrected chi connectivity index (χ1v) is 5.50. The van der Waals surface area contributed by atoms with E-state index >= 15 is 0 Å². The van der Waals surface area contributed by atoms with Crippen LogP contribution in [0.25, 0.3) is 0 Å². The lowest BCUT2D eigenvalue weighted by molar-refractivity contribution is -0.118. The first kappa shape index (κ1) is 11.1. The predicted molar refractivity (Wildman–Crippen MR) is 57.2 cm³/mol. The summed E-state index contributed by atoms with van der Waals surface area (Å²) in [5.41, 5.74) is 2.87. The third-order valence-corrected chi connectivity index (χ3v) is 2.45. The molecule has 0 aromatic carbocycles. The van der Waals surface area contributed by atoms with Gasteiger partial charge in [-0.2, -0.15) is 0 Å². The van der Waals surface area contributed by atoms with Crippen LogP contribution >= 0.6 is 11.3 Å². The van der Waals surface area contributed by atoms with E-state index in [2.05, 4.69) is 22.5 Å². The molecule has 1 atom stereocenters. The van der Waals surface area contributed by atoms with E-state index in [1.54, 1.807) is 11.3 Å². The van der Waals surface area contributed by atoms with E-state index in [-0.39, 0.29) is 11.9 Å². The van der Waals surface area contributed by atoms with Crippen molar-refractivity contribution in [2.75, 3.05) is 13.1 Å². The molecule has 1 amide bonds. The fourth-order valence-corrected chi connectivity index (χ4v) is 1.72. The molecule has 1 heterocycles. The maximum Gasteiger partial charge on any atom is 0.216 e. The summed E-state index contributed by atoms with van der Waals surface area (Å²) in [5, 5.41) is 8.02. The van der Waals surface area contributed by atoms with Gasteiger partial charge in [0.1, 0.15) is 0 Å². The van der Waals surface area contributed by atoms with Crippen LogP contribution in [0.5, 0.6) is 0 Å². The maximum atomic E-state index is 10.6. The van der Waals surface area contributed by atoms with Crippen LogP contribution in [0.1, 0.15) is 25.6 Å². The van der Waals surface area contributed by atoms with Crippen molar-refractivity contribution in [1.29, 1.82) is 0 Å². The second-order valence-corrected chi connectivity index (χ2v) is 3.79. The number of nitrogens with zero attached hydrogens (tertiary/aromatic N) is 1. The van der Waals surface area contributed by atoms with Gasteiger partial charge >= 0.3 is 0 Å². The molecule has 78 valence electrons. The Hall–Kier alpha value is -0.940. The molecule has 0 saturated heterocycles. The molecule has 0 fully saturated rings. The van der Waals surface area contributed by atoms with E-state index in [0.29, 0.717) is 6.54 Å². The standard InChI is InChI=1S/C9H15N3OS/c1-7(9-5-14-6-12-9)10-3-4-11-8(2)13/h5-7,10H,3-4H2,1-2H3,(H,11,13). The number of hydrogen-bond acceptors (Lipinski definition) is 4. The monoisotopic (exact) mass is 213 g/mol. The summed E-state index contributed by atoms with van der Waals surface area (Å²) in [6.07, 6.45) is 0. The lowest BCUT2D eigenvalue weighted by atomic mass is 10.2. The number of carbonyl (C=O) groups excluding carboxylic acids is 1. The van der Waals surface area contributed by atoms with Crippen molar-refractivity contribution >= 4 is 17.2 Å². The molecule has 2 N–H and O–H groups in total. The molecule has 0 aliphatic rings. The molecule has 14 heavy (non-hydrogen) atoms. The summed E-state index contributed by atoms with van der Waals surface area (Å²) < 4.78 is 0. The van der Waals surface area contributed by atoms with Gasteiger partial charge in [0.2, 0.25) is 5.91 Å². The fraction of sp³-hybridized carbons (Fsp3) is 0.556.